The first-order chi connectivity index (χ1) is 5.65. The normalized spacial score (nSPS) is 18.4. The molecular formula is C8H10O4. The summed E-state index contributed by atoms with van der Waals surface area (Å²) in [5.41, 5.74) is 0. The van der Waals surface area contributed by atoms with Crippen LogP contribution in [0.25, 0.3) is 0 Å². The van der Waals surface area contributed by atoms with E-state index in [0.29, 0.717) is 0 Å². The van der Waals surface area contributed by atoms with Gasteiger partial charge in [-0.25, -0.2) is 0 Å². The molecule has 1 aliphatic rings. The molecule has 0 bridgehead atoms. The van der Waals surface area contributed by atoms with E-state index >= 15 is 0 Å². The van der Waals surface area contributed by atoms with Crippen LogP contribution in [0.4, 0.5) is 0 Å². The van der Waals surface area contributed by atoms with E-state index in [1.54, 1.807) is 0 Å². The quantitative estimate of drug-likeness (QED) is 0.435. The summed E-state index contributed by atoms with van der Waals surface area (Å²) >= 11 is 0. The summed E-state index contributed by atoms with van der Waals surface area (Å²) in [4.78, 5) is 32.7. The van der Waals surface area contributed by atoms with Gasteiger partial charge >= 0.3 is 5.97 Å². The Bertz CT molecular complexity index is 215. The highest BCUT2D eigenvalue weighted by molar-refractivity contribution is 6.10. The van der Waals surface area contributed by atoms with Gasteiger partial charge in [0, 0.05) is 12.8 Å². The van der Waals surface area contributed by atoms with Gasteiger partial charge in [-0.15, -0.1) is 0 Å². The van der Waals surface area contributed by atoms with Crippen molar-refractivity contribution in [3.63, 3.8) is 0 Å². The monoisotopic (exact) mass is 170 g/mol. The first-order valence-corrected chi connectivity index (χ1v) is 3.77. The number of Topliss-reactive ketones (excluding diaryl/α,β-unsaturated/α-hetero) is 2. The number of esters is 1. The zero-order chi connectivity index (χ0) is 9.14. The molecule has 0 amide bonds. The average Bonchev–Trinajstić information content (AvgIpc) is 2.35. The molecule has 0 aromatic rings. The Morgan fingerprint density at radius 1 is 1.42 bits per heavy atom. The minimum absolute atomic E-state index is 0.0891. The van der Waals surface area contributed by atoms with Crippen molar-refractivity contribution in [2.75, 3.05) is 7.11 Å². The third-order valence-electron chi connectivity index (χ3n) is 1.99. The first kappa shape index (κ1) is 8.90. The van der Waals surface area contributed by atoms with Crippen LogP contribution in [0, 0.1) is 5.92 Å². The number of ketones is 2. The van der Waals surface area contributed by atoms with Gasteiger partial charge in [0.15, 0.2) is 0 Å². The SMILES string of the molecule is COC(=O)CC1C(=O)CCC1=O. The summed E-state index contributed by atoms with van der Waals surface area (Å²) in [5.74, 6) is -1.49. The lowest BCUT2D eigenvalue weighted by Crippen LogP contribution is -2.19. The molecule has 0 aromatic heterocycles. The zero-order valence-corrected chi connectivity index (χ0v) is 6.83. The van der Waals surface area contributed by atoms with E-state index in [1.165, 1.54) is 7.11 Å². The molecular weight excluding hydrogens is 160 g/mol. The van der Waals surface area contributed by atoms with E-state index in [1.807, 2.05) is 0 Å². The van der Waals surface area contributed by atoms with Gasteiger partial charge < -0.3 is 4.74 Å². The number of hydrogen-bond acceptors (Lipinski definition) is 4. The highest BCUT2D eigenvalue weighted by Crippen LogP contribution is 2.20. The maximum atomic E-state index is 11.0. The van der Waals surface area contributed by atoms with Gasteiger partial charge in [-0.1, -0.05) is 0 Å². The predicted molar refractivity (Wildman–Crippen MR) is 39.4 cm³/mol. The zero-order valence-electron chi connectivity index (χ0n) is 6.83. The summed E-state index contributed by atoms with van der Waals surface area (Å²) in [6.45, 7) is 0. The Kier molecular flexibility index (Phi) is 2.58. The molecule has 1 rings (SSSR count). The van der Waals surface area contributed by atoms with E-state index in [0.717, 1.165) is 0 Å². The second-order valence-corrected chi connectivity index (χ2v) is 2.77. The number of carbonyl (C=O) groups is 3. The summed E-state index contributed by atoms with van der Waals surface area (Å²) in [6, 6.07) is 0. The largest absolute Gasteiger partial charge is 0.469 e. The lowest BCUT2D eigenvalue weighted by Gasteiger charge is -2.03. The average molecular weight is 170 g/mol. The topological polar surface area (TPSA) is 60.4 Å². The van der Waals surface area contributed by atoms with Crippen molar-refractivity contribution in [1.29, 1.82) is 0 Å². The van der Waals surface area contributed by atoms with E-state index < -0.39 is 11.9 Å². The van der Waals surface area contributed by atoms with Crippen molar-refractivity contribution in [3.05, 3.63) is 0 Å². The smallest absolute Gasteiger partial charge is 0.306 e. The Labute approximate surface area is 69.9 Å². The molecule has 0 heterocycles. The Morgan fingerprint density at radius 3 is 2.33 bits per heavy atom. The maximum absolute atomic E-state index is 11.0. The summed E-state index contributed by atoms with van der Waals surface area (Å²) in [7, 11) is 1.24. The number of carbonyl (C=O) groups excluding carboxylic acids is 3. The molecule has 12 heavy (non-hydrogen) atoms. The Hall–Kier alpha value is -1.19. The fourth-order valence-electron chi connectivity index (χ4n) is 1.25. The second kappa shape index (κ2) is 3.47. The van der Waals surface area contributed by atoms with Crippen molar-refractivity contribution in [2.45, 2.75) is 19.3 Å². The van der Waals surface area contributed by atoms with Crippen molar-refractivity contribution in [2.24, 2.45) is 5.92 Å². The van der Waals surface area contributed by atoms with Crippen LogP contribution < -0.4 is 0 Å². The van der Waals surface area contributed by atoms with Crippen LogP contribution in [0.3, 0.4) is 0 Å². The molecule has 0 radical (unpaired) electrons. The number of ether oxygens (including phenoxy) is 1. The third kappa shape index (κ3) is 1.69. The second-order valence-electron chi connectivity index (χ2n) is 2.77. The van der Waals surface area contributed by atoms with E-state index in [2.05, 4.69) is 4.74 Å². The van der Waals surface area contributed by atoms with Crippen LogP contribution in [-0.4, -0.2) is 24.6 Å². The Balaban J connectivity index is 2.56. The molecule has 0 saturated heterocycles. The van der Waals surface area contributed by atoms with E-state index in [9.17, 15) is 14.4 Å². The molecule has 0 aliphatic heterocycles. The molecule has 0 aromatic carbocycles. The van der Waals surface area contributed by atoms with E-state index in [4.69, 9.17) is 0 Å². The molecule has 0 N–H and O–H groups in total. The van der Waals surface area contributed by atoms with Crippen LogP contribution in [0.15, 0.2) is 0 Å². The lowest BCUT2D eigenvalue weighted by atomic mass is 10.0. The maximum Gasteiger partial charge on any atom is 0.306 e. The van der Waals surface area contributed by atoms with Crippen LogP contribution in [0.2, 0.25) is 0 Å². The minimum atomic E-state index is -0.725. The lowest BCUT2D eigenvalue weighted by molar-refractivity contribution is -0.145. The molecule has 1 fully saturated rings. The standard InChI is InChI=1S/C8H10O4/c1-12-8(11)4-5-6(9)2-3-7(5)10/h5H,2-4H2,1H3. The fourth-order valence-corrected chi connectivity index (χ4v) is 1.25. The van der Waals surface area contributed by atoms with Gasteiger partial charge in [-0.2, -0.15) is 0 Å². The van der Waals surface area contributed by atoms with Crippen LogP contribution in [-0.2, 0) is 19.1 Å². The summed E-state index contributed by atoms with van der Waals surface area (Å²) in [6.07, 6.45) is 0.467. The molecule has 4 nitrogen and oxygen atoms in total. The number of methoxy groups -OCH3 is 1. The summed E-state index contributed by atoms with van der Waals surface area (Å²) in [5, 5.41) is 0. The van der Waals surface area contributed by atoms with Crippen LogP contribution >= 0.6 is 0 Å². The highest BCUT2D eigenvalue weighted by atomic mass is 16.5. The van der Waals surface area contributed by atoms with Gasteiger partial charge in [0.05, 0.1) is 19.4 Å². The first-order valence-electron chi connectivity index (χ1n) is 3.77. The molecule has 0 atom stereocenters. The number of rotatable bonds is 2. The minimum Gasteiger partial charge on any atom is -0.469 e. The van der Waals surface area contributed by atoms with Gasteiger partial charge in [0.2, 0.25) is 0 Å². The van der Waals surface area contributed by atoms with Crippen molar-refractivity contribution >= 4 is 17.5 Å². The van der Waals surface area contributed by atoms with Gasteiger partial charge in [-0.05, 0) is 0 Å². The Morgan fingerprint density at radius 2 is 1.92 bits per heavy atom. The molecule has 0 unspecified atom stereocenters. The van der Waals surface area contributed by atoms with Crippen molar-refractivity contribution in [1.82, 2.24) is 0 Å². The van der Waals surface area contributed by atoms with Crippen molar-refractivity contribution < 1.29 is 19.1 Å². The third-order valence-corrected chi connectivity index (χ3v) is 1.99. The molecule has 1 saturated carbocycles. The fraction of sp³-hybridized carbons (Fsp3) is 0.625. The van der Waals surface area contributed by atoms with Crippen molar-refractivity contribution in [3.8, 4) is 0 Å². The summed E-state index contributed by atoms with van der Waals surface area (Å²) < 4.78 is 4.37. The van der Waals surface area contributed by atoms with E-state index in [-0.39, 0.29) is 30.8 Å². The molecule has 0 spiro atoms. The number of hydrogen-bond donors (Lipinski definition) is 0. The van der Waals surface area contributed by atoms with Crippen LogP contribution in [0.5, 0.6) is 0 Å². The molecule has 4 heteroatoms. The van der Waals surface area contributed by atoms with Gasteiger partial charge in [0.25, 0.3) is 0 Å². The molecule has 66 valence electrons. The predicted octanol–water partition coefficient (Wildman–Crippen LogP) is 0.0977. The molecule has 1 aliphatic carbocycles. The van der Waals surface area contributed by atoms with Gasteiger partial charge in [-0.3, -0.25) is 14.4 Å². The van der Waals surface area contributed by atoms with Gasteiger partial charge in [0.1, 0.15) is 11.6 Å². The highest BCUT2D eigenvalue weighted by Gasteiger charge is 2.34. The van der Waals surface area contributed by atoms with Crippen LogP contribution in [0.1, 0.15) is 19.3 Å².